The van der Waals surface area contributed by atoms with Crippen LogP contribution in [-0.4, -0.2) is 54.1 Å². The zero-order valence-electron chi connectivity index (χ0n) is 20.1. The number of methoxy groups -OCH3 is 1. The van der Waals surface area contributed by atoms with E-state index in [9.17, 15) is 14.4 Å². The molecule has 4 rings (SSSR count). The number of hydrogen-bond donors (Lipinski definition) is 2. The molecule has 36 heavy (non-hydrogen) atoms. The van der Waals surface area contributed by atoms with Gasteiger partial charge in [-0.2, -0.15) is 0 Å². The Kier molecular flexibility index (Phi) is 7.92. The number of aromatic nitrogens is 1. The van der Waals surface area contributed by atoms with E-state index in [-0.39, 0.29) is 18.4 Å². The summed E-state index contributed by atoms with van der Waals surface area (Å²) in [6.07, 6.45) is 1.70. The van der Waals surface area contributed by atoms with E-state index in [4.69, 9.17) is 9.47 Å². The molecule has 2 N–H and O–H groups in total. The van der Waals surface area contributed by atoms with Gasteiger partial charge in [0.2, 0.25) is 5.91 Å². The molecule has 3 amide bonds. The number of rotatable bonds is 9. The lowest BCUT2D eigenvalue weighted by Crippen LogP contribution is -2.47. The van der Waals surface area contributed by atoms with Crippen LogP contribution in [0, 0.1) is 6.92 Å². The maximum absolute atomic E-state index is 13.2. The van der Waals surface area contributed by atoms with Crippen LogP contribution in [0.3, 0.4) is 0 Å². The van der Waals surface area contributed by atoms with Crippen molar-refractivity contribution in [2.45, 2.75) is 25.6 Å². The Hall–Kier alpha value is -4.24. The topological polar surface area (TPSA) is 110 Å². The summed E-state index contributed by atoms with van der Waals surface area (Å²) in [5, 5.41) is 5.64. The fraction of sp³-hybridized carbons (Fsp3) is 0.259. The number of amides is 3. The number of aryl methyl sites for hydroxylation is 1. The zero-order valence-corrected chi connectivity index (χ0v) is 20.1. The van der Waals surface area contributed by atoms with Crippen molar-refractivity contribution in [1.82, 2.24) is 15.2 Å². The van der Waals surface area contributed by atoms with Crippen LogP contribution in [0.4, 0.5) is 10.5 Å². The summed E-state index contributed by atoms with van der Waals surface area (Å²) in [5.74, 6) is -0.618. The first-order chi connectivity index (χ1) is 17.5. The minimum Gasteiger partial charge on any atom is -0.438 e. The van der Waals surface area contributed by atoms with Gasteiger partial charge in [0, 0.05) is 31.7 Å². The van der Waals surface area contributed by atoms with Gasteiger partial charge >= 0.3 is 6.09 Å². The smallest absolute Gasteiger partial charge is 0.411 e. The lowest BCUT2D eigenvalue weighted by atomic mass is 10.00. The lowest BCUT2D eigenvalue weighted by Gasteiger charge is -2.24. The molecule has 3 aromatic rings. The van der Waals surface area contributed by atoms with E-state index in [1.165, 1.54) is 11.1 Å². The van der Waals surface area contributed by atoms with Crippen LogP contribution >= 0.6 is 0 Å². The van der Waals surface area contributed by atoms with E-state index in [1.807, 2.05) is 31.2 Å². The number of nitrogens with one attached hydrogen (secondary N) is 2. The van der Waals surface area contributed by atoms with Gasteiger partial charge in [-0.1, -0.05) is 42.0 Å². The molecule has 0 radical (unpaired) electrons. The van der Waals surface area contributed by atoms with Crippen molar-refractivity contribution in [1.29, 1.82) is 0 Å². The van der Waals surface area contributed by atoms with Crippen molar-refractivity contribution in [3.63, 3.8) is 0 Å². The molecule has 9 heteroatoms. The molecular formula is C27H28N4O5. The Morgan fingerprint density at radius 2 is 1.92 bits per heavy atom. The standard InChI is InChI=1S/C27H28N4O5/c1-18-5-3-6-19(15-18)17-31-23(26(33)29-13-14-35-2)24(36-27(31)34)20-8-10-22(11-9-20)30-25(32)21-7-4-12-28-16-21/h3-12,15-16,23-24H,13-14,17H2,1-2H3,(H,29,33)(H,30,32). The molecule has 0 aliphatic carbocycles. The largest absolute Gasteiger partial charge is 0.438 e. The number of carbonyl (C=O) groups excluding carboxylic acids is 3. The van der Waals surface area contributed by atoms with E-state index >= 15 is 0 Å². The van der Waals surface area contributed by atoms with Crippen molar-refractivity contribution in [2.24, 2.45) is 0 Å². The van der Waals surface area contributed by atoms with Gasteiger partial charge in [0.25, 0.3) is 5.91 Å². The molecule has 0 spiro atoms. The van der Waals surface area contributed by atoms with Crippen LogP contribution < -0.4 is 10.6 Å². The number of carbonyl (C=O) groups is 3. The molecule has 1 aliphatic rings. The Morgan fingerprint density at radius 3 is 2.61 bits per heavy atom. The second-order valence-electron chi connectivity index (χ2n) is 8.47. The van der Waals surface area contributed by atoms with Gasteiger partial charge in [-0.25, -0.2) is 4.79 Å². The molecule has 1 aliphatic heterocycles. The molecule has 1 fully saturated rings. The zero-order chi connectivity index (χ0) is 25.5. The highest BCUT2D eigenvalue weighted by molar-refractivity contribution is 6.04. The van der Waals surface area contributed by atoms with Crippen molar-refractivity contribution in [3.05, 3.63) is 95.3 Å². The second-order valence-corrected chi connectivity index (χ2v) is 8.47. The number of ether oxygens (including phenoxy) is 2. The number of nitrogens with zero attached hydrogens (tertiary/aromatic N) is 2. The first-order valence-corrected chi connectivity index (χ1v) is 11.6. The van der Waals surface area contributed by atoms with Gasteiger partial charge in [-0.05, 0) is 42.3 Å². The fourth-order valence-electron chi connectivity index (χ4n) is 4.05. The molecule has 1 saturated heterocycles. The van der Waals surface area contributed by atoms with E-state index in [0.717, 1.165) is 11.1 Å². The van der Waals surface area contributed by atoms with Crippen molar-refractivity contribution >= 4 is 23.6 Å². The van der Waals surface area contributed by atoms with Crippen molar-refractivity contribution in [2.75, 3.05) is 25.6 Å². The molecule has 2 atom stereocenters. The van der Waals surface area contributed by atoms with Crippen LogP contribution in [0.2, 0.25) is 0 Å². The number of anilines is 1. The third-order valence-corrected chi connectivity index (χ3v) is 5.82. The quantitative estimate of drug-likeness (QED) is 0.447. The highest BCUT2D eigenvalue weighted by Gasteiger charge is 2.46. The first kappa shape index (κ1) is 24.9. The highest BCUT2D eigenvalue weighted by Crippen LogP contribution is 2.34. The van der Waals surface area contributed by atoms with E-state index < -0.39 is 18.2 Å². The second kappa shape index (κ2) is 11.5. The average molecular weight is 489 g/mol. The molecule has 2 unspecified atom stereocenters. The maximum atomic E-state index is 13.2. The maximum Gasteiger partial charge on any atom is 0.411 e. The van der Waals surface area contributed by atoms with Gasteiger partial charge < -0.3 is 20.1 Å². The van der Waals surface area contributed by atoms with Gasteiger partial charge in [-0.3, -0.25) is 19.5 Å². The Morgan fingerprint density at radius 1 is 1.11 bits per heavy atom. The van der Waals surface area contributed by atoms with Gasteiger partial charge in [0.15, 0.2) is 12.1 Å². The van der Waals surface area contributed by atoms with Crippen LogP contribution in [0.25, 0.3) is 0 Å². The van der Waals surface area contributed by atoms with E-state index in [0.29, 0.717) is 30.0 Å². The third kappa shape index (κ3) is 5.87. The van der Waals surface area contributed by atoms with Crippen LogP contribution in [-0.2, 0) is 20.8 Å². The Bertz CT molecular complexity index is 1220. The monoisotopic (exact) mass is 488 g/mol. The van der Waals surface area contributed by atoms with E-state index in [2.05, 4.69) is 15.6 Å². The summed E-state index contributed by atoms with van der Waals surface area (Å²) in [6, 6.07) is 17.1. The number of pyridine rings is 1. The summed E-state index contributed by atoms with van der Waals surface area (Å²) in [4.78, 5) is 43.9. The minimum absolute atomic E-state index is 0.235. The summed E-state index contributed by atoms with van der Waals surface area (Å²) in [6.45, 7) is 2.86. The van der Waals surface area contributed by atoms with Gasteiger partial charge in [-0.15, -0.1) is 0 Å². The fourth-order valence-corrected chi connectivity index (χ4v) is 4.05. The third-order valence-electron chi connectivity index (χ3n) is 5.82. The summed E-state index contributed by atoms with van der Waals surface area (Å²) >= 11 is 0. The summed E-state index contributed by atoms with van der Waals surface area (Å²) in [7, 11) is 1.55. The first-order valence-electron chi connectivity index (χ1n) is 11.6. The minimum atomic E-state index is -0.870. The van der Waals surface area contributed by atoms with Gasteiger partial charge in [0.05, 0.1) is 18.7 Å². The van der Waals surface area contributed by atoms with E-state index in [1.54, 1.807) is 49.7 Å². The predicted molar refractivity (Wildman–Crippen MR) is 133 cm³/mol. The Balaban J connectivity index is 1.54. The van der Waals surface area contributed by atoms with Crippen LogP contribution in [0.5, 0.6) is 0 Å². The lowest BCUT2D eigenvalue weighted by molar-refractivity contribution is -0.126. The average Bonchev–Trinajstić information content (AvgIpc) is 3.21. The van der Waals surface area contributed by atoms with Crippen LogP contribution in [0.15, 0.2) is 73.1 Å². The van der Waals surface area contributed by atoms with Gasteiger partial charge in [0.1, 0.15) is 0 Å². The van der Waals surface area contributed by atoms with Crippen molar-refractivity contribution in [3.8, 4) is 0 Å². The molecule has 2 heterocycles. The summed E-state index contributed by atoms with van der Waals surface area (Å²) in [5.41, 5.74) is 3.60. The molecule has 0 bridgehead atoms. The number of cyclic esters (lactones) is 1. The molecular weight excluding hydrogens is 460 g/mol. The SMILES string of the molecule is COCCNC(=O)C1C(c2ccc(NC(=O)c3cccnc3)cc2)OC(=O)N1Cc1cccc(C)c1. The molecule has 2 aromatic carbocycles. The number of benzene rings is 2. The molecule has 9 nitrogen and oxygen atoms in total. The van der Waals surface area contributed by atoms with Crippen LogP contribution in [0.1, 0.15) is 33.2 Å². The summed E-state index contributed by atoms with van der Waals surface area (Å²) < 4.78 is 10.7. The van der Waals surface area contributed by atoms with Crippen molar-refractivity contribution < 1.29 is 23.9 Å². The predicted octanol–water partition coefficient (Wildman–Crippen LogP) is 3.47. The normalized spacial score (nSPS) is 16.9. The molecule has 186 valence electrons. The highest BCUT2D eigenvalue weighted by atomic mass is 16.6. The number of hydrogen-bond acceptors (Lipinski definition) is 6. The Labute approximate surface area is 209 Å². The molecule has 1 aromatic heterocycles. The molecule has 0 saturated carbocycles.